The SMILES string of the molecule is CC(C)N(C)c1cccc(NCc2ccc(C(=O)O)cc2)c1. The van der Waals surface area contributed by atoms with E-state index >= 15 is 0 Å². The predicted octanol–water partition coefficient (Wildman–Crippen LogP) is 3.84. The summed E-state index contributed by atoms with van der Waals surface area (Å²) in [4.78, 5) is 13.0. The Bertz CT molecular complexity index is 636. The van der Waals surface area contributed by atoms with Crippen LogP contribution in [0.15, 0.2) is 48.5 Å². The van der Waals surface area contributed by atoms with Crippen LogP contribution in [0.1, 0.15) is 29.8 Å². The third kappa shape index (κ3) is 4.01. The highest BCUT2D eigenvalue weighted by molar-refractivity contribution is 5.87. The molecule has 0 heterocycles. The molecular weight excluding hydrogens is 276 g/mol. The number of carboxylic acids is 1. The molecule has 0 aliphatic rings. The minimum atomic E-state index is -0.899. The lowest BCUT2D eigenvalue weighted by Crippen LogP contribution is -2.25. The minimum absolute atomic E-state index is 0.310. The van der Waals surface area contributed by atoms with Crippen molar-refractivity contribution >= 4 is 17.3 Å². The zero-order valence-corrected chi connectivity index (χ0v) is 13.2. The summed E-state index contributed by atoms with van der Waals surface area (Å²) < 4.78 is 0. The van der Waals surface area contributed by atoms with Gasteiger partial charge in [-0.15, -0.1) is 0 Å². The van der Waals surface area contributed by atoms with E-state index in [1.54, 1.807) is 12.1 Å². The summed E-state index contributed by atoms with van der Waals surface area (Å²) in [5.74, 6) is -0.899. The second kappa shape index (κ2) is 6.98. The van der Waals surface area contributed by atoms with Gasteiger partial charge in [0.25, 0.3) is 0 Å². The highest BCUT2D eigenvalue weighted by Gasteiger charge is 2.05. The zero-order valence-electron chi connectivity index (χ0n) is 13.2. The molecule has 0 fully saturated rings. The molecule has 0 bridgehead atoms. The summed E-state index contributed by atoms with van der Waals surface area (Å²) >= 11 is 0. The van der Waals surface area contributed by atoms with Crippen LogP contribution in [0.25, 0.3) is 0 Å². The maximum absolute atomic E-state index is 10.8. The lowest BCUT2D eigenvalue weighted by Gasteiger charge is -2.24. The molecule has 4 nitrogen and oxygen atoms in total. The van der Waals surface area contributed by atoms with Gasteiger partial charge in [-0.2, -0.15) is 0 Å². The quantitative estimate of drug-likeness (QED) is 0.850. The Morgan fingerprint density at radius 3 is 2.45 bits per heavy atom. The molecular formula is C18H22N2O2. The van der Waals surface area contributed by atoms with Gasteiger partial charge in [-0.3, -0.25) is 0 Å². The molecule has 0 amide bonds. The Kier molecular flexibility index (Phi) is 5.04. The largest absolute Gasteiger partial charge is 0.478 e. The fraction of sp³-hybridized carbons (Fsp3) is 0.278. The van der Waals surface area contributed by atoms with E-state index in [9.17, 15) is 4.79 Å². The summed E-state index contributed by atoms with van der Waals surface area (Å²) in [6.07, 6.45) is 0. The molecule has 2 aromatic rings. The van der Waals surface area contributed by atoms with Gasteiger partial charge in [0, 0.05) is 31.0 Å². The number of anilines is 2. The van der Waals surface area contributed by atoms with Crippen molar-refractivity contribution in [2.45, 2.75) is 26.4 Å². The van der Waals surface area contributed by atoms with E-state index in [1.807, 2.05) is 24.3 Å². The van der Waals surface area contributed by atoms with Gasteiger partial charge < -0.3 is 15.3 Å². The van der Waals surface area contributed by atoms with E-state index < -0.39 is 5.97 Å². The van der Waals surface area contributed by atoms with Crippen LogP contribution in [0.3, 0.4) is 0 Å². The monoisotopic (exact) mass is 298 g/mol. The van der Waals surface area contributed by atoms with Crippen molar-refractivity contribution in [3.05, 3.63) is 59.7 Å². The minimum Gasteiger partial charge on any atom is -0.478 e. The predicted molar refractivity (Wildman–Crippen MR) is 90.7 cm³/mol. The molecule has 116 valence electrons. The van der Waals surface area contributed by atoms with Gasteiger partial charge in [0.1, 0.15) is 0 Å². The third-order valence-electron chi connectivity index (χ3n) is 3.73. The molecule has 0 atom stereocenters. The smallest absolute Gasteiger partial charge is 0.335 e. The number of carboxylic acid groups (broad SMARTS) is 1. The van der Waals surface area contributed by atoms with Crippen LogP contribution >= 0.6 is 0 Å². The topological polar surface area (TPSA) is 52.6 Å². The fourth-order valence-electron chi connectivity index (χ4n) is 2.10. The standard InChI is InChI=1S/C18H22N2O2/c1-13(2)20(3)17-6-4-5-16(11-17)19-12-14-7-9-15(10-8-14)18(21)22/h4-11,13,19H,12H2,1-3H3,(H,21,22). The molecule has 0 aromatic heterocycles. The summed E-state index contributed by atoms with van der Waals surface area (Å²) in [5, 5.41) is 12.3. The maximum Gasteiger partial charge on any atom is 0.335 e. The second-order valence-electron chi connectivity index (χ2n) is 5.61. The Labute approximate surface area is 131 Å². The molecule has 0 spiro atoms. The van der Waals surface area contributed by atoms with E-state index in [-0.39, 0.29) is 0 Å². The molecule has 0 saturated heterocycles. The average molecular weight is 298 g/mol. The number of nitrogens with zero attached hydrogens (tertiary/aromatic N) is 1. The van der Waals surface area contributed by atoms with Gasteiger partial charge in [0.2, 0.25) is 0 Å². The fourth-order valence-corrected chi connectivity index (χ4v) is 2.10. The first kappa shape index (κ1) is 15.9. The van der Waals surface area contributed by atoms with E-state index in [1.165, 1.54) is 5.69 Å². The van der Waals surface area contributed by atoms with Crippen molar-refractivity contribution in [1.29, 1.82) is 0 Å². The lowest BCUT2D eigenvalue weighted by molar-refractivity contribution is 0.0697. The Balaban J connectivity index is 2.02. The summed E-state index contributed by atoms with van der Waals surface area (Å²) in [6, 6.07) is 15.6. The third-order valence-corrected chi connectivity index (χ3v) is 3.73. The van der Waals surface area contributed by atoms with Gasteiger partial charge in [-0.25, -0.2) is 4.79 Å². The van der Waals surface area contributed by atoms with Crippen LogP contribution in [0, 0.1) is 0 Å². The molecule has 2 rings (SSSR count). The number of nitrogens with one attached hydrogen (secondary N) is 1. The Hall–Kier alpha value is -2.49. The summed E-state index contributed by atoms with van der Waals surface area (Å²) in [6.45, 7) is 4.98. The molecule has 0 aliphatic heterocycles. The first-order valence-electron chi connectivity index (χ1n) is 7.36. The normalized spacial score (nSPS) is 10.5. The highest BCUT2D eigenvalue weighted by Crippen LogP contribution is 2.20. The van der Waals surface area contributed by atoms with Crippen molar-refractivity contribution in [1.82, 2.24) is 0 Å². The van der Waals surface area contributed by atoms with Crippen LogP contribution in [-0.4, -0.2) is 24.2 Å². The first-order chi connectivity index (χ1) is 10.5. The molecule has 2 N–H and O–H groups in total. The van der Waals surface area contributed by atoms with Crippen LogP contribution < -0.4 is 10.2 Å². The molecule has 0 unspecified atom stereocenters. The maximum atomic E-state index is 10.8. The Morgan fingerprint density at radius 2 is 1.86 bits per heavy atom. The van der Waals surface area contributed by atoms with Gasteiger partial charge in [-0.05, 0) is 49.7 Å². The molecule has 2 aromatic carbocycles. The average Bonchev–Trinajstić information content (AvgIpc) is 2.52. The van der Waals surface area contributed by atoms with Crippen LogP contribution in [0.5, 0.6) is 0 Å². The first-order valence-corrected chi connectivity index (χ1v) is 7.36. The number of aromatic carboxylic acids is 1. The molecule has 22 heavy (non-hydrogen) atoms. The molecule has 0 aliphatic carbocycles. The number of hydrogen-bond donors (Lipinski definition) is 2. The number of hydrogen-bond acceptors (Lipinski definition) is 3. The van der Waals surface area contributed by atoms with Crippen LogP contribution in [-0.2, 0) is 6.54 Å². The number of rotatable bonds is 6. The second-order valence-corrected chi connectivity index (χ2v) is 5.61. The highest BCUT2D eigenvalue weighted by atomic mass is 16.4. The lowest BCUT2D eigenvalue weighted by atomic mass is 10.1. The van der Waals surface area contributed by atoms with Crippen molar-refractivity contribution in [2.24, 2.45) is 0 Å². The summed E-state index contributed by atoms with van der Waals surface area (Å²) in [7, 11) is 2.08. The van der Waals surface area contributed by atoms with Gasteiger partial charge in [-0.1, -0.05) is 18.2 Å². The number of benzene rings is 2. The molecule has 0 saturated carbocycles. The van der Waals surface area contributed by atoms with Crippen molar-refractivity contribution in [3.8, 4) is 0 Å². The Morgan fingerprint density at radius 1 is 1.18 bits per heavy atom. The van der Waals surface area contributed by atoms with Crippen molar-refractivity contribution < 1.29 is 9.90 Å². The van der Waals surface area contributed by atoms with Crippen LogP contribution in [0.2, 0.25) is 0 Å². The van der Waals surface area contributed by atoms with Gasteiger partial charge >= 0.3 is 5.97 Å². The number of carbonyl (C=O) groups is 1. The zero-order chi connectivity index (χ0) is 16.1. The summed E-state index contributed by atoms with van der Waals surface area (Å²) in [5.41, 5.74) is 3.57. The van der Waals surface area contributed by atoms with E-state index in [0.29, 0.717) is 18.2 Å². The van der Waals surface area contributed by atoms with Crippen molar-refractivity contribution in [2.75, 3.05) is 17.3 Å². The van der Waals surface area contributed by atoms with Gasteiger partial charge in [0.15, 0.2) is 0 Å². The van der Waals surface area contributed by atoms with E-state index in [4.69, 9.17) is 5.11 Å². The molecule has 0 radical (unpaired) electrons. The van der Waals surface area contributed by atoms with Crippen molar-refractivity contribution in [3.63, 3.8) is 0 Å². The van der Waals surface area contributed by atoms with Gasteiger partial charge in [0.05, 0.1) is 5.56 Å². The van der Waals surface area contributed by atoms with E-state index in [0.717, 1.165) is 11.3 Å². The van der Waals surface area contributed by atoms with Crippen LogP contribution in [0.4, 0.5) is 11.4 Å². The van der Waals surface area contributed by atoms with E-state index in [2.05, 4.69) is 43.2 Å². The molecule has 4 heteroatoms.